The summed E-state index contributed by atoms with van der Waals surface area (Å²) in [5, 5.41) is 0. The van der Waals surface area contributed by atoms with Gasteiger partial charge in [0.05, 0.1) is 0 Å². The van der Waals surface area contributed by atoms with Crippen molar-refractivity contribution in [2.75, 3.05) is 39.6 Å². The Morgan fingerprint density at radius 3 is 1.44 bits per heavy atom. The van der Waals surface area contributed by atoms with E-state index in [-0.39, 0.29) is 0 Å². The summed E-state index contributed by atoms with van der Waals surface area (Å²) < 4.78 is 28.0. The summed E-state index contributed by atoms with van der Waals surface area (Å²) in [4.78, 5) is 0. The monoisotopic (exact) mass is 380 g/mol. The average molecular weight is 380 g/mol. The van der Waals surface area contributed by atoms with Gasteiger partial charge in [0, 0.05) is 45.6 Å². The number of hydrogen-bond acceptors (Lipinski definition) is 5. The predicted octanol–water partition coefficient (Wildman–Crippen LogP) is 1.57. The van der Waals surface area contributed by atoms with E-state index in [1.165, 1.54) is 0 Å². The first-order valence-corrected chi connectivity index (χ1v) is 10.6. The Morgan fingerprint density at radius 2 is 1.19 bits per heavy atom. The van der Waals surface area contributed by atoms with E-state index in [0.29, 0.717) is 6.04 Å². The minimum Gasteiger partial charge on any atom is -0.397 e. The van der Waals surface area contributed by atoms with E-state index in [2.05, 4.69) is 22.6 Å². The molecule has 98 valence electrons. The Labute approximate surface area is 114 Å². The van der Waals surface area contributed by atoms with Gasteiger partial charge in [0.2, 0.25) is 0 Å². The van der Waals surface area contributed by atoms with Crippen molar-refractivity contribution in [1.29, 1.82) is 0 Å². The lowest BCUT2D eigenvalue weighted by Gasteiger charge is -2.30. The molecule has 0 bridgehead atoms. The van der Waals surface area contributed by atoms with Gasteiger partial charge in [-0.15, -0.1) is 0 Å². The lowest BCUT2D eigenvalue weighted by Crippen LogP contribution is -2.48. The molecule has 0 fully saturated rings. The zero-order chi connectivity index (χ0) is 12.7. The normalized spacial score (nSPS) is 13.1. The number of halogens is 1. The molecule has 0 N–H and O–H groups in total. The summed E-state index contributed by atoms with van der Waals surface area (Å²) in [7, 11) is 3.65. The molecule has 0 atom stereocenters. The molecule has 0 aliphatic heterocycles. The molecule has 0 unspecified atom stereocenters. The van der Waals surface area contributed by atoms with Crippen LogP contribution in [0, 0.1) is 0 Å². The van der Waals surface area contributed by atoms with E-state index in [1.54, 1.807) is 35.5 Å². The summed E-state index contributed by atoms with van der Waals surface area (Å²) in [6, 6.07) is 1.53. The van der Waals surface area contributed by atoms with Crippen LogP contribution in [-0.2, 0) is 22.1 Å². The standard InChI is InChI=1S/C8H21IO5Si2/c1-10-15(8-9,11-2)6-7-16(12-3,13-4)14-5/h6-8H2,1-5H3. The van der Waals surface area contributed by atoms with Crippen molar-refractivity contribution in [3.05, 3.63) is 0 Å². The van der Waals surface area contributed by atoms with Gasteiger partial charge >= 0.3 is 17.4 Å². The number of hydrogen-bond donors (Lipinski definition) is 0. The van der Waals surface area contributed by atoms with Crippen LogP contribution in [0.2, 0.25) is 12.1 Å². The second kappa shape index (κ2) is 8.13. The second-order valence-electron chi connectivity index (χ2n) is 3.25. The quantitative estimate of drug-likeness (QED) is 0.345. The van der Waals surface area contributed by atoms with Gasteiger partial charge in [-0.25, -0.2) is 0 Å². The molecule has 0 rings (SSSR count). The highest BCUT2D eigenvalue weighted by atomic mass is 127. The van der Waals surface area contributed by atoms with Gasteiger partial charge in [-0.2, -0.15) is 0 Å². The highest BCUT2D eigenvalue weighted by Gasteiger charge is 2.44. The zero-order valence-electron chi connectivity index (χ0n) is 10.5. The summed E-state index contributed by atoms with van der Waals surface area (Å²) >= 11 is 2.29. The maximum atomic E-state index is 5.53. The highest BCUT2D eigenvalue weighted by molar-refractivity contribution is 14.1. The zero-order valence-corrected chi connectivity index (χ0v) is 14.7. The molecule has 16 heavy (non-hydrogen) atoms. The van der Waals surface area contributed by atoms with Crippen LogP contribution in [0.5, 0.6) is 0 Å². The Morgan fingerprint density at radius 1 is 0.750 bits per heavy atom. The van der Waals surface area contributed by atoms with Gasteiger partial charge in [0.15, 0.2) is 0 Å². The van der Waals surface area contributed by atoms with E-state index in [0.717, 1.165) is 10.1 Å². The maximum absolute atomic E-state index is 5.53. The van der Waals surface area contributed by atoms with Crippen molar-refractivity contribution in [1.82, 2.24) is 0 Å². The molecule has 0 aromatic heterocycles. The lowest BCUT2D eigenvalue weighted by atomic mass is 10.9. The largest absolute Gasteiger partial charge is 0.500 e. The highest BCUT2D eigenvalue weighted by Crippen LogP contribution is 2.24. The second-order valence-corrected chi connectivity index (χ2v) is 12.0. The third-order valence-corrected chi connectivity index (χ3v) is 12.3. The third kappa shape index (κ3) is 4.33. The minimum atomic E-state index is -2.50. The average Bonchev–Trinajstić information content (AvgIpc) is 2.37. The minimum absolute atomic E-state index is 0.716. The van der Waals surface area contributed by atoms with Gasteiger partial charge in [-0.1, -0.05) is 22.6 Å². The van der Waals surface area contributed by atoms with Crippen LogP contribution < -0.4 is 0 Å². The molecule has 0 aliphatic carbocycles. The Balaban J connectivity index is 4.48. The van der Waals surface area contributed by atoms with Gasteiger partial charge in [-0.05, 0) is 6.04 Å². The number of alkyl halides is 1. The van der Waals surface area contributed by atoms with Gasteiger partial charge in [-0.3, -0.25) is 0 Å². The van der Waals surface area contributed by atoms with E-state index in [1.807, 2.05) is 0 Å². The fraction of sp³-hybridized carbons (Fsp3) is 1.00. The maximum Gasteiger partial charge on any atom is 0.500 e. The third-order valence-electron chi connectivity index (χ3n) is 2.69. The first-order chi connectivity index (χ1) is 7.57. The number of rotatable bonds is 9. The fourth-order valence-electron chi connectivity index (χ4n) is 1.36. The van der Waals surface area contributed by atoms with Crippen molar-refractivity contribution < 1.29 is 22.1 Å². The van der Waals surface area contributed by atoms with Crippen molar-refractivity contribution in [3.8, 4) is 0 Å². The van der Waals surface area contributed by atoms with Crippen LogP contribution in [0.15, 0.2) is 0 Å². The van der Waals surface area contributed by atoms with Crippen molar-refractivity contribution in [3.63, 3.8) is 0 Å². The topological polar surface area (TPSA) is 46.2 Å². The van der Waals surface area contributed by atoms with Crippen LogP contribution in [0.1, 0.15) is 0 Å². The van der Waals surface area contributed by atoms with E-state index in [9.17, 15) is 0 Å². The Bertz CT molecular complexity index is 151. The van der Waals surface area contributed by atoms with Gasteiger partial charge < -0.3 is 22.1 Å². The molecular weight excluding hydrogens is 359 g/mol. The van der Waals surface area contributed by atoms with Crippen molar-refractivity contribution in [2.24, 2.45) is 0 Å². The van der Waals surface area contributed by atoms with Crippen LogP contribution in [0.25, 0.3) is 0 Å². The first kappa shape index (κ1) is 17.0. The molecule has 0 aliphatic rings. The summed E-state index contributed by atoms with van der Waals surface area (Å²) in [6.07, 6.45) is 0. The molecular formula is C8H21IO5Si2. The Hall–Kier alpha value is 0.964. The van der Waals surface area contributed by atoms with Crippen molar-refractivity contribution in [2.45, 2.75) is 12.1 Å². The molecule has 0 saturated heterocycles. The van der Waals surface area contributed by atoms with Crippen LogP contribution in [-0.4, -0.2) is 57.0 Å². The molecule has 0 amide bonds. The van der Waals surface area contributed by atoms with E-state index < -0.39 is 17.4 Å². The van der Waals surface area contributed by atoms with E-state index >= 15 is 0 Å². The Kier molecular flexibility index (Phi) is 8.62. The van der Waals surface area contributed by atoms with Crippen LogP contribution in [0.3, 0.4) is 0 Å². The molecule has 8 heteroatoms. The van der Waals surface area contributed by atoms with E-state index in [4.69, 9.17) is 22.1 Å². The molecule has 0 heterocycles. The van der Waals surface area contributed by atoms with Gasteiger partial charge in [0.25, 0.3) is 0 Å². The van der Waals surface area contributed by atoms with Crippen LogP contribution >= 0.6 is 22.6 Å². The smallest absolute Gasteiger partial charge is 0.397 e. The fourth-order valence-corrected chi connectivity index (χ4v) is 9.16. The van der Waals surface area contributed by atoms with Gasteiger partial charge in [0.1, 0.15) is 0 Å². The van der Waals surface area contributed by atoms with Crippen molar-refractivity contribution >= 4 is 40.0 Å². The SMILES string of the molecule is CO[Si](CI)(CC[Si](OC)(OC)OC)OC. The summed E-state index contributed by atoms with van der Waals surface area (Å²) in [5.41, 5.74) is 0. The molecule has 0 saturated carbocycles. The molecule has 0 aromatic rings. The molecule has 0 aromatic carbocycles. The molecule has 0 spiro atoms. The summed E-state index contributed by atoms with van der Waals surface area (Å²) in [5.74, 6) is 0. The lowest BCUT2D eigenvalue weighted by molar-refractivity contribution is 0.123. The molecule has 0 radical (unpaired) electrons. The first-order valence-electron chi connectivity index (χ1n) is 4.89. The van der Waals surface area contributed by atoms with Crippen LogP contribution in [0.4, 0.5) is 0 Å². The molecule has 5 nitrogen and oxygen atoms in total. The predicted molar refractivity (Wildman–Crippen MR) is 75.1 cm³/mol. The summed E-state index contributed by atoms with van der Waals surface area (Å²) in [6.45, 7) is 0.